The molecule has 0 unspecified atom stereocenters. The first-order chi connectivity index (χ1) is 9.56. The van der Waals surface area contributed by atoms with E-state index >= 15 is 0 Å². The fourth-order valence-electron chi connectivity index (χ4n) is 1.94. The van der Waals surface area contributed by atoms with Crippen molar-refractivity contribution >= 4 is 11.6 Å². The molecule has 0 aromatic heterocycles. The minimum Gasteiger partial charge on any atom is -0.489 e. The summed E-state index contributed by atoms with van der Waals surface area (Å²) in [5, 5.41) is 28.3. The van der Waals surface area contributed by atoms with Gasteiger partial charge in [-0.25, -0.2) is 0 Å². The van der Waals surface area contributed by atoms with Crippen LogP contribution >= 0.6 is 11.6 Å². The van der Waals surface area contributed by atoms with Crippen LogP contribution in [0, 0.1) is 6.92 Å². The van der Waals surface area contributed by atoms with E-state index in [0.717, 1.165) is 10.5 Å². The number of nitrogens with one attached hydrogen (secondary N) is 1. The van der Waals surface area contributed by atoms with Crippen LogP contribution in [0.3, 0.4) is 0 Å². The number of hydrogen-bond acceptors (Lipinski definition) is 4. The summed E-state index contributed by atoms with van der Waals surface area (Å²) in [4.78, 5) is 0.932. The maximum absolute atomic E-state index is 9.94. The van der Waals surface area contributed by atoms with Crippen molar-refractivity contribution in [3.63, 3.8) is 0 Å². The number of benzene rings is 1. The summed E-state index contributed by atoms with van der Waals surface area (Å²) < 4.78 is 5.52. The largest absolute Gasteiger partial charge is 0.489 e. The summed E-state index contributed by atoms with van der Waals surface area (Å²) in [5.74, 6) is 0.552. The average Bonchev–Trinajstić information content (AvgIpc) is 2.40. The van der Waals surface area contributed by atoms with Gasteiger partial charge in [0.25, 0.3) is 0 Å². The second-order valence-electron chi connectivity index (χ2n) is 4.80. The zero-order valence-electron chi connectivity index (χ0n) is 11.7. The van der Waals surface area contributed by atoms with Crippen molar-refractivity contribution in [1.82, 2.24) is 0 Å². The molecule has 0 aliphatic rings. The molecule has 0 saturated heterocycles. The maximum atomic E-state index is 9.94. The van der Waals surface area contributed by atoms with Crippen LogP contribution in [0.25, 0.3) is 0 Å². The topological polar surface area (TPSA) is 74.4 Å². The second kappa shape index (κ2) is 9.15. The van der Waals surface area contributed by atoms with Gasteiger partial charge >= 0.3 is 0 Å². The lowest BCUT2D eigenvalue weighted by atomic mass is 10.2. The molecule has 0 aliphatic carbocycles. The van der Waals surface area contributed by atoms with Crippen molar-refractivity contribution in [2.75, 3.05) is 39.5 Å². The molecule has 0 bridgehead atoms. The summed E-state index contributed by atoms with van der Waals surface area (Å²) >= 11 is 6.01. The fraction of sp³-hybridized carbons (Fsp3) is 0.571. The molecular formula is C14H23ClNO4+. The third kappa shape index (κ3) is 6.07. The number of aliphatic hydroxyl groups is 3. The van der Waals surface area contributed by atoms with Crippen molar-refractivity contribution in [3.05, 3.63) is 28.8 Å². The lowest BCUT2D eigenvalue weighted by Crippen LogP contribution is -3.14. The first kappa shape index (κ1) is 17.2. The normalized spacial score (nSPS) is 12.7. The molecular weight excluding hydrogens is 282 g/mol. The van der Waals surface area contributed by atoms with Crippen LogP contribution in [-0.2, 0) is 0 Å². The van der Waals surface area contributed by atoms with Crippen LogP contribution in [0.15, 0.2) is 18.2 Å². The molecule has 0 amide bonds. The molecule has 0 fully saturated rings. The smallest absolute Gasteiger partial charge is 0.138 e. The molecule has 0 spiro atoms. The molecule has 0 radical (unpaired) electrons. The van der Waals surface area contributed by atoms with E-state index in [9.17, 15) is 5.11 Å². The summed E-state index contributed by atoms with van der Waals surface area (Å²) in [5.41, 5.74) is 1.03. The lowest BCUT2D eigenvalue weighted by molar-refractivity contribution is -0.903. The maximum Gasteiger partial charge on any atom is 0.138 e. The van der Waals surface area contributed by atoms with Crippen molar-refractivity contribution < 1.29 is 25.0 Å². The molecule has 1 atom stereocenters. The molecule has 5 nitrogen and oxygen atoms in total. The molecule has 1 aromatic carbocycles. The molecule has 1 rings (SSSR count). The van der Waals surface area contributed by atoms with Crippen molar-refractivity contribution in [2.45, 2.75) is 13.0 Å². The quantitative estimate of drug-likeness (QED) is 0.485. The number of quaternary nitrogens is 1. The van der Waals surface area contributed by atoms with Crippen LogP contribution in [0.5, 0.6) is 5.75 Å². The van der Waals surface area contributed by atoms with E-state index in [1.54, 1.807) is 6.07 Å². The molecule has 0 heterocycles. The number of aliphatic hydroxyl groups excluding tert-OH is 3. The zero-order valence-corrected chi connectivity index (χ0v) is 12.4. The van der Waals surface area contributed by atoms with Crippen LogP contribution in [0.2, 0.25) is 5.02 Å². The van der Waals surface area contributed by atoms with Crippen molar-refractivity contribution in [2.24, 2.45) is 0 Å². The Hall–Kier alpha value is -0.850. The highest BCUT2D eigenvalue weighted by Crippen LogP contribution is 2.25. The van der Waals surface area contributed by atoms with E-state index in [2.05, 4.69) is 0 Å². The van der Waals surface area contributed by atoms with E-state index in [1.807, 2.05) is 19.1 Å². The summed E-state index contributed by atoms with van der Waals surface area (Å²) in [6, 6.07) is 5.47. The van der Waals surface area contributed by atoms with Gasteiger partial charge < -0.3 is 25.0 Å². The Bertz CT molecular complexity index is 397. The van der Waals surface area contributed by atoms with Crippen LogP contribution < -0.4 is 9.64 Å². The Kier molecular flexibility index (Phi) is 7.87. The molecule has 6 heteroatoms. The zero-order chi connectivity index (χ0) is 15.0. The molecule has 4 N–H and O–H groups in total. The van der Waals surface area contributed by atoms with Gasteiger partial charge in [0.2, 0.25) is 0 Å². The summed E-state index contributed by atoms with van der Waals surface area (Å²) in [6.45, 7) is 3.49. The third-order valence-electron chi connectivity index (χ3n) is 2.97. The highest BCUT2D eigenvalue weighted by atomic mass is 35.5. The van der Waals surface area contributed by atoms with Crippen molar-refractivity contribution in [1.29, 1.82) is 0 Å². The Balaban J connectivity index is 2.45. The van der Waals surface area contributed by atoms with Crippen LogP contribution in [0.4, 0.5) is 0 Å². The predicted octanol–water partition coefficient (Wildman–Crippen LogP) is -0.742. The van der Waals surface area contributed by atoms with Gasteiger partial charge in [-0.05, 0) is 24.6 Å². The summed E-state index contributed by atoms with van der Waals surface area (Å²) in [6.07, 6.45) is -0.681. The van der Waals surface area contributed by atoms with Gasteiger partial charge in [0.15, 0.2) is 0 Å². The first-order valence-electron chi connectivity index (χ1n) is 6.69. The highest BCUT2D eigenvalue weighted by molar-refractivity contribution is 6.32. The van der Waals surface area contributed by atoms with Gasteiger partial charge in [-0.1, -0.05) is 17.7 Å². The Morgan fingerprint density at radius 1 is 1.25 bits per heavy atom. The second-order valence-corrected chi connectivity index (χ2v) is 5.21. The van der Waals surface area contributed by atoms with E-state index in [-0.39, 0.29) is 19.8 Å². The van der Waals surface area contributed by atoms with E-state index in [0.29, 0.717) is 30.4 Å². The Morgan fingerprint density at radius 3 is 2.50 bits per heavy atom. The molecule has 20 heavy (non-hydrogen) atoms. The average molecular weight is 305 g/mol. The first-order valence-corrected chi connectivity index (χ1v) is 7.07. The van der Waals surface area contributed by atoms with Crippen LogP contribution in [0.1, 0.15) is 5.56 Å². The van der Waals surface area contributed by atoms with Gasteiger partial charge in [0, 0.05) is 0 Å². The lowest BCUT2D eigenvalue weighted by Gasteiger charge is -2.21. The van der Waals surface area contributed by atoms with Crippen molar-refractivity contribution in [3.8, 4) is 5.75 Å². The molecule has 114 valence electrons. The Labute approximate surface area is 124 Å². The number of hydrogen-bond donors (Lipinski definition) is 4. The van der Waals surface area contributed by atoms with Gasteiger partial charge in [-0.3, -0.25) is 0 Å². The van der Waals surface area contributed by atoms with E-state index in [1.165, 1.54) is 0 Å². The van der Waals surface area contributed by atoms with E-state index in [4.69, 9.17) is 26.6 Å². The Morgan fingerprint density at radius 2 is 1.90 bits per heavy atom. The van der Waals surface area contributed by atoms with Gasteiger partial charge in [-0.15, -0.1) is 0 Å². The van der Waals surface area contributed by atoms with E-state index < -0.39 is 6.10 Å². The molecule has 0 saturated carbocycles. The molecule has 0 aliphatic heterocycles. The highest BCUT2D eigenvalue weighted by Gasteiger charge is 2.15. The summed E-state index contributed by atoms with van der Waals surface area (Å²) in [7, 11) is 0. The fourth-order valence-corrected chi connectivity index (χ4v) is 2.12. The van der Waals surface area contributed by atoms with Gasteiger partial charge in [-0.2, -0.15) is 0 Å². The predicted molar refractivity (Wildman–Crippen MR) is 77.4 cm³/mol. The van der Waals surface area contributed by atoms with Gasteiger partial charge in [0.1, 0.15) is 38.1 Å². The SMILES string of the molecule is Cc1ccc(Cl)c(OC[C@H](O)C[NH+](CCO)CCO)c1. The standard InChI is InChI=1S/C14H22ClNO4/c1-11-2-3-13(15)14(8-11)20-10-12(19)9-16(4-6-17)5-7-18/h2-3,8,12,17-19H,4-7,9-10H2,1H3/p+1/t12-/m1/s1. The molecule has 1 aromatic rings. The monoisotopic (exact) mass is 304 g/mol. The van der Waals surface area contributed by atoms with Crippen LogP contribution in [-0.4, -0.2) is 60.9 Å². The number of rotatable bonds is 9. The number of aryl methyl sites for hydroxylation is 1. The minimum absolute atomic E-state index is 0.0205. The number of halogens is 1. The minimum atomic E-state index is -0.681. The van der Waals surface area contributed by atoms with Gasteiger partial charge in [0.05, 0.1) is 18.2 Å². The third-order valence-corrected chi connectivity index (χ3v) is 3.29. The number of ether oxygens (including phenoxy) is 1.